The summed E-state index contributed by atoms with van der Waals surface area (Å²) in [6.45, 7) is 7.27. The number of amides is 2. The molecule has 2 aliphatic rings. The Labute approximate surface area is 178 Å². The number of carbonyl (C=O) groups is 2. The Morgan fingerprint density at radius 3 is 2.30 bits per heavy atom. The SMILES string of the molecule is CCOC(=O)N1CCN(C(=O)C2CC[NH+](Cc3ccc(OC)cc3OC)CC2)CC1. The number of rotatable bonds is 6. The average Bonchev–Trinajstić information content (AvgIpc) is 2.79. The predicted octanol–water partition coefficient (Wildman–Crippen LogP) is 0.799. The number of carbonyl (C=O) groups excluding carboxylic acids is 2. The molecule has 8 heteroatoms. The van der Waals surface area contributed by atoms with Gasteiger partial charge in [0.15, 0.2) is 0 Å². The van der Waals surface area contributed by atoms with Gasteiger partial charge in [-0.1, -0.05) is 0 Å². The molecule has 0 bridgehead atoms. The highest BCUT2D eigenvalue weighted by molar-refractivity contribution is 5.79. The molecule has 3 rings (SSSR count). The van der Waals surface area contributed by atoms with Crippen LogP contribution in [-0.2, 0) is 16.1 Å². The number of likely N-dealkylation sites (tertiary alicyclic amines) is 1. The second-order valence-corrected chi connectivity index (χ2v) is 7.89. The molecule has 2 fully saturated rings. The fraction of sp³-hybridized carbons (Fsp3) is 0.636. The first kappa shape index (κ1) is 22.2. The molecule has 8 nitrogen and oxygen atoms in total. The first-order valence-corrected chi connectivity index (χ1v) is 10.8. The van der Waals surface area contributed by atoms with E-state index in [1.807, 2.05) is 17.0 Å². The molecule has 0 unspecified atom stereocenters. The number of hydrogen-bond donors (Lipinski definition) is 1. The van der Waals surface area contributed by atoms with Gasteiger partial charge in [-0.25, -0.2) is 4.79 Å². The van der Waals surface area contributed by atoms with Crippen molar-refractivity contribution in [3.63, 3.8) is 0 Å². The third-order valence-corrected chi connectivity index (χ3v) is 6.09. The number of hydrogen-bond acceptors (Lipinski definition) is 5. The fourth-order valence-corrected chi connectivity index (χ4v) is 4.30. The monoisotopic (exact) mass is 420 g/mol. The third-order valence-electron chi connectivity index (χ3n) is 6.09. The Bertz CT molecular complexity index is 725. The van der Waals surface area contributed by atoms with Crippen molar-refractivity contribution in [2.24, 2.45) is 5.92 Å². The highest BCUT2D eigenvalue weighted by atomic mass is 16.6. The van der Waals surface area contributed by atoms with Crippen molar-refractivity contribution in [1.82, 2.24) is 9.80 Å². The van der Waals surface area contributed by atoms with Crippen molar-refractivity contribution in [3.8, 4) is 11.5 Å². The van der Waals surface area contributed by atoms with E-state index in [1.54, 1.807) is 26.0 Å². The van der Waals surface area contributed by atoms with Crippen LogP contribution in [0.3, 0.4) is 0 Å². The summed E-state index contributed by atoms with van der Waals surface area (Å²) in [4.78, 5) is 29.8. The number of benzene rings is 1. The number of quaternary nitrogens is 1. The van der Waals surface area contributed by atoms with E-state index in [1.165, 1.54) is 4.90 Å². The van der Waals surface area contributed by atoms with Gasteiger partial charge in [-0.2, -0.15) is 0 Å². The minimum Gasteiger partial charge on any atom is -0.497 e. The molecule has 0 aromatic heterocycles. The zero-order chi connectivity index (χ0) is 21.5. The van der Waals surface area contributed by atoms with Crippen molar-refractivity contribution >= 4 is 12.0 Å². The maximum atomic E-state index is 12.9. The standard InChI is InChI=1S/C22H33N3O5/c1-4-30-22(27)25-13-11-24(12-14-25)21(26)17-7-9-23(10-8-17)16-18-5-6-19(28-2)15-20(18)29-3/h5-6,15,17H,4,7-14,16H2,1-3H3/p+1. The fourth-order valence-electron chi connectivity index (χ4n) is 4.30. The summed E-state index contributed by atoms with van der Waals surface area (Å²) in [5.41, 5.74) is 1.16. The predicted molar refractivity (Wildman–Crippen MR) is 112 cm³/mol. The molecule has 166 valence electrons. The molecule has 2 aliphatic heterocycles. The van der Waals surface area contributed by atoms with Gasteiger partial charge in [-0.15, -0.1) is 0 Å². The van der Waals surface area contributed by atoms with E-state index in [2.05, 4.69) is 6.07 Å². The van der Waals surface area contributed by atoms with E-state index in [0.29, 0.717) is 32.8 Å². The van der Waals surface area contributed by atoms with E-state index in [9.17, 15) is 9.59 Å². The first-order chi connectivity index (χ1) is 14.5. The molecule has 0 aliphatic carbocycles. The molecule has 0 spiro atoms. The average molecular weight is 421 g/mol. The van der Waals surface area contributed by atoms with Crippen LogP contribution in [0.2, 0.25) is 0 Å². The molecule has 0 saturated carbocycles. The van der Waals surface area contributed by atoms with Gasteiger partial charge < -0.3 is 28.9 Å². The maximum Gasteiger partial charge on any atom is 0.409 e. The molecule has 1 aromatic carbocycles. The van der Waals surface area contributed by atoms with Gasteiger partial charge in [-0.05, 0) is 19.1 Å². The zero-order valence-corrected chi connectivity index (χ0v) is 18.3. The number of methoxy groups -OCH3 is 2. The lowest BCUT2D eigenvalue weighted by Crippen LogP contribution is -3.11. The van der Waals surface area contributed by atoms with Gasteiger partial charge in [0.2, 0.25) is 5.91 Å². The van der Waals surface area contributed by atoms with E-state index >= 15 is 0 Å². The van der Waals surface area contributed by atoms with Crippen LogP contribution < -0.4 is 14.4 Å². The van der Waals surface area contributed by atoms with E-state index in [0.717, 1.165) is 49.5 Å². The third kappa shape index (κ3) is 5.36. The number of ether oxygens (including phenoxy) is 3. The van der Waals surface area contributed by atoms with E-state index < -0.39 is 0 Å². The molecule has 2 amide bonds. The maximum absolute atomic E-state index is 12.9. The van der Waals surface area contributed by atoms with Crippen molar-refractivity contribution < 1.29 is 28.7 Å². The Balaban J connectivity index is 1.47. The van der Waals surface area contributed by atoms with Gasteiger partial charge in [0.05, 0.1) is 33.9 Å². The second kappa shape index (κ2) is 10.5. The molecular formula is C22H34N3O5+. The Morgan fingerprint density at radius 1 is 1.03 bits per heavy atom. The molecule has 2 saturated heterocycles. The lowest BCUT2D eigenvalue weighted by Gasteiger charge is -2.37. The van der Waals surface area contributed by atoms with Crippen LogP contribution in [0.4, 0.5) is 4.79 Å². The minimum atomic E-state index is -0.282. The van der Waals surface area contributed by atoms with Crippen LogP contribution in [0, 0.1) is 5.92 Å². The Kier molecular flexibility index (Phi) is 7.79. The minimum absolute atomic E-state index is 0.0839. The summed E-state index contributed by atoms with van der Waals surface area (Å²) in [6, 6.07) is 5.94. The summed E-state index contributed by atoms with van der Waals surface area (Å²) < 4.78 is 15.8. The van der Waals surface area contributed by atoms with Gasteiger partial charge in [0, 0.05) is 56.6 Å². The number of nitrogens with zero attached hydrogens (tertiary/aromatic N) is 2. The van der Waals surface area contributed by atoms with Crippen LogP contribution in [0.15, 0.2) is 18.2 Å². The zero-order valence-electron chi connectivity index (χ0n) is 18.3. The molecule has 2 heterocycles. The number of piperidine rings is 1. The van der Waals surface area contributed by atoms with Crippen LogP contribution in [0.25, 0.3) is 0 Å². The Hall–Kier alpha value is -2.48. The molecule has 0 atom stereocenters. The van der Waals surface area contributed by atoms with Crippen molar-refractivity contribution in [2.45, 2.75) is 26.3 Å². The highest BCUT2D eigenvalue weighted by Gasteiger charge is 2.33. The summed E-state index contributed by atoms with van der Waals surface area (Å²) in [6.07, 6.45) is 1.51. The molecule has 1 N–H and O–H groups in total. The summed E-state index contributed by atoms with van der Waals surface area (Å²) in [5, 5.41) is 0. The summed E-state index contributed by atoms with van der Waals surface area (Å²) >= 11 is 0. The van der Waals surface area contributed by atoms with E-state index in [4.69, 9.17) is 14.2 Å². The number of nitrogens with one attached hydrogen (secondary N) is 1. The second-order valence-electron chi connectivity index (χ2n) is 7.89. The lowest BCUT2D eigenvalue weighted by atomic mass is 9.94. The van der Waals surface area contributed by atoms with Crippen LogP contribution >= 0.6 is 0 Å². The van der Waals surface area contributed by atoms with Gasteiger partial charge >= 0.3 is 6.09 Å². The van der Waals surface area contributed by atoms with Crippen molar-refractivity contribution in [3.05, 3.63) is 23.8 Å². The van der Waals surface area contributed by atoms with E-state index in [-0.39, 0.29) is 17.9 Å². The quantitative estimate of drug-likeness (QED) is 0.737. The van der Waals surface area contributed by atoms with Crippen LogP contribution in [-0.4, -0.2) is 81.9 Å². The summed E-state index contributed by atoms with van der Waals surface area (Å²) in [7, 11) is 3.33. The Morgan fingerprint density at radius 2 is 1.70 bits per heavy atom. The largest absolute Gasteiger partial charge is 0.497 e. The van der Waals surface area contributed by atoms with Gasteiger partial charge in [0.25, 0.3) is 0 Å². The first-order valence-electron chi connectivity index (χ1n) is 10.8. The van der Waals surface area contributed by atoms with Gasteiger partial charge in [0.1, 0.15) is 18.0 Å². The van der Waals surface area contributed by atoms with Crippen LogP contribution in [0.5, 0.6) is 11.5 Å². The van der Waals surface area contributed by atoms with Crippen molar-refractivity contribution in [2.75, 3.05) is 60.1 Å². The van der Waals surface area contributed by atoms with Crippen molar-refractivity contribution in [1.29, 1.82) is 0 Å². The lowest BCUT2D eigenvalue weighted by molar-refractivity contribution is -0.919. The smallest absolute Gasteiger partial charge is 0.409 e. The molecule has 0 radical (unpaired) electrons. The summed E-state index contributed by atoms with van der Waals surface area (Å²) in [5.74, 6) is 1.96. The molecule has 1 aromatic rings. The topological polar surface area (TPSA) is 72.8 Å². The van der Waals surface area contributed by atoms with Gasteiger partial charge in [-0.3, -0.25) is 4.79 Å². The molecular weight excluding hydrogens is 386 g/mol. The normalized spacial score (nSPS) is 21.8. The van der Waals surface area contributed by atoms with Crippen LogP contribution in [0.1, 0.15) is 25.3 Å². The highest BCUT2D eigenvalue weighted by Crippen LogP contribution is 2.24. The number of piperazine rings is 1. The molecule has 30 heavy (non-hydrogen) atoms.